The van der Waals surface area contributed by atoms with E-state index in [-0.39, 0.29) is 29.8 Å². The molecule has 4 atom stereocenters. The number of ether oxygens (including phenoxy) is 1. The number of carbonyl (C=O) groups is 3. The smallest absolute Gasteiger partial charge is 0.408 e. The molecule has 1 rings (SSSR count). The molecule has 0 aliphatic rings. The maximum absolute atomic E-state index is 14.4. The second-order valence-electron chi connectivity index (χ2n) is 12.4. The molecule has 0 bridgehead atoms. The van der Waals surface area contributed by atoms with Crippen molar-refractivity contribution in [3.8, 4) is 0 Å². The van der Waals surface area contributed by atoms with Crippen molar-refractivity contribution in [2.24, 2.45) is 11.8 Å². The van der Waals surface area contributed by atoms with Gasteiger partial charge in [-0.1, -0.05) is 71.9 Å². The highest BCUT2D eigenvalue weighted by Gasteiger charge is 2.40. The van der Waals surface area contributed by atoms with Gasteiger partial charge in [-0.3, -0.25) is 9.59 Å². The first-order chi connectivity index (χ1) is 18.1. The molecule has 0 radical (unpaired) electrons. The van der Waals surface area contributed by atoms with E-state index in [9.17, 15) is 14.4 Å². The van der Waals surface area contributed by atoms with Gasteiger partial charge in [0.25, 0.3) is 0 Å². The molecule has 4 unspecified atom stereocenters. The number of benzene rings is 1. The van der Waals surface area contributed by atoms with Crippen molar-refractivity contribution in [3.05, 3.63) is 42.0 Å². The molecule has 0 saturated carbocycles. The Kier molecular flexibility index (Phi) is 13.8. The lowest BCUT2D eigenvalue weighted by atomic mass is 9.94. The molecule has 0 aromatic heterocycles. The predicted molar refractivity (Wildman–Crippen MR) is 160 cm³/mol. The van der Waals surface area contributed by atoms with Gasteiger partial charge in [-0.25, -0.2) is 4.79 Å². The third kappa shape index (κ3) is 11.4. The molecule has 0 aliphatic carbocycles. The lowest BCUT2D eigenvalue weighted by Crippen LogP contribution is -2.57. The molecule has 39 heavy (non-hydrogen) atoms. The average Bonchev–Trinajstić information content (AvgIpc) is 2.82. The molecule has 0 saturated heterocycles. The second kappa shape index (κ2) is 15.7. The highest BCUT2D eigenvalue weighted by Crippen LogP contribution is 2.29. The SMILES string of the molecule is C=Cc1cccc(C(C(=O)NC(C)CCC)N(C(=O)C(NC(=O)OC(C)(C)C)C(C)C)C(C)CCC(C)C)c1. The van der Waals surface area contributed by atoms with E-state index in [1.165, 1.54) is 0 Å². The number of nitrogens with zero attached hydrogens (tertiary/aromatic N) is 1. The van der Waals surface area contributed by atoms with E-state index in [1.807, 2.05) is 52.0 Å². The third-order valence-corrected chi connectivity index (χ3v) is 6.60. The van der Waals surface area contributed by atoms with Gasteiger partial charge in [0, 0.05) is 12.1 Å². The molecule has 1 aromatic rings. The molecule has 0 fully saturated rings. The molecule has 220 valence electrons. The number of carbonyl (C=O) groups excluding carboxylic acids is 3. The molecule has 2 N–H and O–H groups in total. The van der Waals surface area contributed by atoms with E-state index in [0.29, 0.717) is 11.5 Å². The zero-order valence-electron chi connectivity index (χ0n) is 26.0. The molecule has 1 aromatic carbocycles. The van der Waals surface area contributed by atoms with Crippen molar-refractivity contribution >= 4 is 24.0 Å². The molecule has 0 heterocycles. The number of rotatable bonds is 14. The average molecular weight is 544 g/mol. The maximum atomic E-state index is 14.4. The summed E-state index contributed by atoms with van der Waals surface area (Å²) in [6.45, 7) is 23.3. The van der Waals surface area contributed by atoms with Crippen molar-refractivity contribution in [1.29, 1.82) is 0 Å². The summed E-state index contributed by atoms with van der Waals surface area (Å²) in [7, 11) is 0. The molecular weight excluding hydrogens is 490 g/mol. The fraction of sp³-hybridized carbons (Fsp3) is 0.656. The largest absolute Gasteiger partial charge is 0.444 e. The Balaban J connectivity index is 3.67. The number of alkyl carbamates (subject to hydrolysis) is 1. The first-order valence-corrected chi connectivity index (χ1v) is 14.5. The summed E-state index contributed by atoms with van der Waals surface area (Å²) >= 11 is 0. The van der Waals surface area contributed by atoms with Crippen LogP contribution in [0.25, 0.3) is 6.08 Å². The van der Waals surface area contributed by atoms with Crippen molar-refractivity contribution in [2.75, 3.05) is 0 Å². The Morgan fingerprint density at radius 2 is 1.64 bits per heavy atom. The van der Waals surface area contributed by atoms with Crippen LogP contribution in [-0.2, 0) is 14.3 Å². The highest BCUT2D eigenvalue weighted by molar-refractivity contribution is 5.92. The quantitative estimate of drug-likeness (QED) is 0.268. The van der Waals surface area contributed by atoms with Gasteiger partial charge in [-0.15, -0.1) is 0 Å². The van der Waals surface area contributed by atoms with Gasteiger partial charge < -0.3 is 20.3 Å². The summed E-state index contributed by atoms with van der Waals surface area (Å²) in [6, 6.07) is 5.53. The first-order valence-electron chi connectivity index (χ1n) is 14.5. The minimum atomic E-state index is -0.874. The summed E-state index contributed by atoms with van der Waals surface area (Å²) in [5.41, 5.74) is 0.863. The number of hydrogen-bond donors (Lipinski definition) is 2. The van der Waals surface area contributed by atoms with Crippen LogP contribution >= 0.6 is 0 Å². The van der Waals surface area contributed by atoms with Gasteiger partial charge in [0.1, 0.15) is 17.7 Å². The summed E-state index contributed by atoms with van der Waals surface area (Å²) in [4.78, 5) is 42.8. The third-order valence-electron chi connectivity index (χ3n) is 6.60. The van der Waals surface area contributed by atoms with Crippen LogP contribution < -0.4 is 10.6 Å². The molecule has 3 amide bonds. The van der Waals surface area contributed by atoms with E-state index in [4.69, 9.17) is 4.74 Å². The van der Waals surface area contributed by atoms with E-state index in [2.05, 4.69) is 38.0 Å². The number of amides is 3. The van der Waals surface area contributed by atoms with Crippen LogP contribution in [-0.4, -0.2) is 46.5 Å². The van der Waals surface area contributed by atoms with Crippen LogP contribution in [0.1, 0.15) is 112 Å². The minimum Gasteiger partial charge on any atom is -0.444 e. The van der Waals surface area contributed by atoms with Crippen LogP contribution in [0.5, 0.6) is 0 Å². The van der Waals surface area contributed by atoms with Gasteiger partial charge in [-0.05, 0) is 82.9 Å². The van der Waals surface area contributed by atoms with Crippen LogP contribution in [0, 0.1) is 11.8 Å². The summed E-state index contributed by atoms with van der Waals surface area (Å²) in [5.74, 6) is -0.334. The highest BCUT2D eigenvalue weighted by atomic mass is 16.6. The standard InChI is InChI=1S/C32H53N3O4/c1-12-15-23(7)33-29(36)28(26-17-14-16-25(13-2)20-26)35(24(8)19-18-21(3)4)30(37)27(22(5)6)34-31(38)39-32(9,10)11/h13-14,16-17,20-24,27-28H,2,12,15,18-19H2,1,3-11H3,(H,33,36)(H,34,38). The van der Waals surface area contributed by atoms with E-state index < -0.39 is 23.8 Å². The van der Waals surface area contributed by atoms with E-state index in [1.54, 1.807) is 31.7 Å². The van der Waals surface area contributed by atoms with Crippen LogP contribution in [0.4, 0.5) is 4.79 Å². The molecular formula is C32H53N3O4. The van der Waals surface area contributed by atoms with Crippen molar-refractivity contribution in [3.63, 3.8) is 0 Å². The zero-order chi connectivity index (χ0) is 29.9. The Bertz CT molecular complexity index is 951. The summed E-state index contributed by atoms with van der Waals surface area (Å²) in [5, 5.41) is 5.94. The van der Waals surface area contributed by atoms with Gasteiger partial charge in [-0.2, -0.15) is 0 Å². The second-order valence-corrected chi connectivity index (χ2v) is 12.4. The monoisotopic (exact) mass is 543 g/mol. The summed E-state index contributed by atoms with van der Waals surface area (Å²) < 4.78 is 5.48. The first kappa shape index (κ1) is 34.2. The minimum absolute atomic E-state index is 0.0451. The summed E-state index contributed by atoms with van der Waals surface area (Å²) in [6.07, 6.45) is 4.45. The van der Waals surface area contributed by atoms with Crippen molar-refractivity contribution in [1.82, 2.24) is 15.5 Å². The van der Waals surface area contributed by atoms with Crippen molar-refractivity contribution < 1.29 is 19.1 Å². The van der Waals surface area contributed by atoms with Gasteiger partial charge in [0.15, 0.2) is 0 Å². The van der Waals surface area contributed by atoms with Crippen LogP contribution in [0.3, 0.4) is 0 Å². The zero-order valence-corrected chi connectivity index (χ0v) is 26.0. The molecule has 7 heteroatoms. The van der Waals surface area contributed by atoms with Crippen LogP contribution in [0.15, 0.2) is 30.8 Å². The van der Waals surface area contributed by atoms with Crippen LogP contribution in [0.2, 0.25) is 0 Å². The van der Waals surface area contributed by atoms with Crippen molar-refractivity contribution in [2.45, 2.75) is 125 Å². The number of hydrogen-bond acceptors (Lipinski definition) is 4. The van der Waals surface area contributed by atoms with Gasteiger partial charge in [0.05, 0.1) is 0 Å². The molecule has 7 nitrogen and oxygen atoms in total. The maximum Gasteiger partial charge on any atom is 0.408 e. The fourth-order valence-corrected chi connectivity index (χ4v) is 4.54. The lowest BCUT2D eigenvalue weighted by Gasteiger charge is -2.40. The predicted octanol–water partition coefficient (Wildman–Crippen LogP) is 6.88. The molecule has 0 spiro atoms. The van der Waals surface area contributed by atoms with E-state index >= 15 is 0 Å². The fourth-order valence-electron chi connectivity index (χ4n) is 4.54. The van der Waals surface area contributed by atoms with E-state index in [0.717, 1.165) is 31.2 Å². The van der Waals surface area contributed by atoms with Gasteiger partial charge in [0.2, 0.25) is 11.8 Å². The Labute approximate surface area is 237 Å². The van der Waals surface area contributed by atoms with Gasteiger partial charge >= 0.3 is 6.09 Å². The Hall–Kier alpha value is -2.83. The lowest BCUT2D eigenvalue weighted by molar-refractivity contribution is -0.146. The molecule has 0 aliphatic heterocycles. The topological polar surface area (TPSA) is 87.7 Å². The Morgan fingerprint density at radius 1 is 1.00 bits per heavy atom. The Morgan fingerprint density at radius 3 is 2.15 bits per heavy atom. The number of nitrogens with one attached hydrogen (secondary N) is 2. The normalized spacial score (nSPS) is 14.8.